The number of hydrogen-bond donors (Lipinski definition) is 2. The third-order valence-corrected chi connectivity index (χ3v) is 3.07. The van der Waals surface area contributed by atoms with Crippen LogP contribution in [0.1, 0.15) is 18.0 Å². The Morgan fingerprint density at radius 1 is 1.32 bits per heavy atom. The van der Waals surface area contributed by atoms with E-state index in [1.807, 2.05) is 24.3 Å². The maximum Gasteiger partial charge on any atom is 0.307 e. The van der Waals surface area contributed by atoms with Crippen molar-refractivity contribution >= 4 is 27.8 Å². The van der Waals surface area contributed by atoms with Crippen LogP contribution in [0, 0.1) is 0 Å². The molecule has 1 amide bonds. The smallest absolute Gasteiger partial charge is 0.307 e. The van der Waals surface area contributed by atoms with Crippen LogP contribution < -0.4 is 10.6 Å². The molecular weight excluding hydrogens is 312 g/mol. The van der Waals surface area contributed by atoms with Crippen LogP contribution in [0.2, 0.25) is 0 Å². The van der Waals surface area contributed by atoms with Gasteiger partial charge in [-0.25, -0.2) is 0 Å². The number of carbonyl (C=O) groups excluding carboxylic acids is 2. The van der Waals surface area contributed by atoms with Crippen molar-refractivity contribution < 1.29 is 14.3 Å². The summed E-state index contributed by atoms with van der Waals surface area (Å²) in [5.74, 6) is -0.531. The summed E-state index contributed by atoms with van der Waals surface area (Å²) >= 11 is 3.35. The topological polar surface area (TPSA) is 67.4 Å². The van der Waals surface area contributed by atoms with E-state index in [0.29, 0.717) is 0 Å². The summed E-state index contributed by atoms with van der Waals surface area (Å²) in [5.41, 5.74) is 0.859. The molecule has 1 rings (SSSR count). The summed E-state index contributed by atoms with van der Waals surface area (Å²) in [6.45, 7) is 0.203. The van der Waals surface area contributed by atoms with Gasteiger partial charge >= 0.3 is 5.97 Å². The van der Waals surface area contributed by atoms with Crippen LogP contribution >= 0.6 is 15.9 Å². The van der Waals surface area contributed by atoms with E-state index in [0.717, 1.165) is 10.0 Å². The van der Waals surface area contributed by atoms with Crippen LogP contribution in [0.5, 0.6) is 0 Å². The predicted molar refractivity (Wildman–Crippen MR) is 75.6 cm³/mol. The second-order valence-electron chi connectivity index (χ2n) is 3.98. The first-order valence-corrected chi connectivity index (χ1v) is 6.62. The minimum atomic E-state index is -0.388. The molecule has 0 radical (unpaired) electrons. The Hall–Kier alpha value is -1.40. The Morgan fingerprint density at radius 3 is 2.47 bits per heavy atom. The maximum atomic E-state index is 11.6. The molecule has 2 N–H and O–H groups in total. The number of carbonyl (C=O) groups is 2. The van der Waals surface area contributed by atoms with Gasteiger partial charge in [0, 0.05) is 4.47 Å². The summed E-state index contributed by atoms with van der Waals surface area (Å²) in [5, 5.41) is 5.57. The summed E-state index contributed by atoms with van der Waals surface area (Å²) < 4.78 is 5.59. The molecule has 1 atom stereocenters. The first-order valence-electron chi connectivity index (χ1n) is 5.83. The maximum absolute atomic E-state index is 11.6. The highest BCUT2D eigenvalue weighted by atomic mass is 79.9. The lowest BCUT2D eigenvalue weighted by Crippen LogP contribution is -2.36. The van der Waals surface area contributed by atoms with Crippen molar-refractivity contribution in [1.29, 1.82) is 0 Å². The molecule has 0 aliphatic heterocycles. The van der Waals surface area contributed by atoms with Crippen LogP contribution in [0.4, 0.5) is 0 Å². The molecule has 5 nitrogen and oxygen atoms in total. The fraction of sp³-hybridized carbons (Fsp3) is 0.385. The molecule has 0 bridgehead atoms. The lowest BCUT2D eigenvalue weighted by Gasteiger charge is -2.18. The van der Waals surface area contributed by atoms with Gasteiger partial charge in [0.25, 0.3) is 0 Å². The van der Waals surface area contributed by atoms with Gasteiger partial charge in [0.1, 0.15) is 0 Å². The fourth-order valence-electron chi connectivity index (χ4n) is 1.60. The van der Waals surface area contributed by atoms with Crippen molar-refractivity contribution in [1.82, 2.24) is 10.6 Å². The Kier molecular flexibility index (Phi) is 6.52. The average molecular weight is 329 g/mol. The molecule has 0 heterocycles. The molecule has 0 saturated carbocycles. The number of halogens is 1. The zero-order valence-corrected chi connectivity index (χ0v) is 12.5. The standard InChI is InChI=1S/C13H17BrN2O3/c1-15-8-12(17)16-11(7-13(18)19-2)9-3-5-10(14)6-4-9/h3-6,11,15H,7-8H2,1-2H3,(H,16,17)/t11-/m1/s1. The third kappa shape index (κ3) is 5.40. The molecule has 1 aromatic rings. The second kappa shape index (κ2) is 7.91. The largest absolute Gasteiger partial charge is 0.469 e. The van der Waals surface area contributed by atoms with Gasteiger partial charge in [-0.3, -0.25) is 9.59 Å². The number of hydrogen-bond acceptors (Lipinski definition) is 4. The highest BCUT2D eigenvalue weighted by Crippen LogP contribution is 2.20. The van der Waals surface area contributed by atoms with Gasteiger partial charge in [0.15, 0.2) is 0 Å². The summed E-state index contributed by atoms with van der Waals surface area (Å²) in [6, 6.07) is 7.06. The van der Waals surface area contributed by atoms with Crippen LogP contribution in [0.3, 0.4) is 0 Å². The van der Waals surface area contributed by atoms with E-state index in [1.54, 1.807) is 7.05 Å². The van der Waals surface area contributed by atoms with E-state index in [9.17, 15) is 9.59 Å². The van der Waals surface area contributed by atoms with E-state index in [1.165, 1.54) is 7.11 Å². The number of likely N-dealkylation sites (N-methyl/N-ethyl adjacent to an activating group) is 1. The van der Waals surface area contributed by atoms with Crippen LogP contribution in [0.15, 0.2) is 28.7 Å². The van der Waals surface area contributed by atoms with Crippen molar-refractivity contribution in [3.63, 3.8) is 0 Å². The lowest BCUT2D eigenvalue weighted by molar-refractivity contribution is -0.141. The first-order chi connectivity index (χ1) is 9.06. The Labute approximate surface area is 120 Å². The number of amides is 1. The van der Waals surface area contributed by atoms with Crippen molar-refractivity contribution in [2.75, 3.05) is 20.7 Å². The molecule has 0 spiro atoms. The lowest BCUT2D eigenvalue weighted by atomic mass is 10.0. The van der Waals surface area contributed by atoms with Crippen molar-refractivity contribution in [2.24, 2.45) is 0 Å². The number of esters is 1. The zero-order valence-electron chi connectivity index (χ0n) is 10.9. The molecule has 19 heavy (non-hydrogen) atoms. The van der Waals surface area contributed by atoms with Crippen molar-refractivity contribution in [2.45, 2.75) is 12.5 Å². The summed E-state index contributed by atoms with van der Waals surface area (Å²) in [4.78, 5) is 23.0. The van der Waals surface area contributed by atoms with E-state index >= 15 is 0 Å². The first kappa shape index (κ1) is 15.7. The molecule has 0 unspecified atom stereocenters. The van der Waals surface area contributed by atoms with Gasteiger partial charge in [-0.2, -0.15) is 0 Å². The third-order valence-electron chi connectivity index (χ3n) is 2.54. The van der Waals surface area contributed by atoms with Crippen molar-refractivity contribution in [3.8, 4) is 0 Å². The van der Waals surface area contributed by atoms with Crippen molar-refractivity contribution in [3.05, 3.63) is 34.3 Å². The van der Waals surface area contributed by atoms with Gasteiger partial charge in [0.2, 0.25) is 5.91 Å². The predicted octanol–water partition coefficient (Wildman–Crippen LogP) is 1.39. The Balaban J connectivity index is 2.82. The molecular formula is C13H17BrN2O3. The van der Waals surface area contributed by atoms with E-state index < -0.39 is 0 Å². The number of methoxy groups -OCH3 is 1. The molecule has 6 heteroatoms. The van der Waals surface area contributed by atoms with Crippen LogP contribution in [-0.2, 0) is 14.3 Å². The van der Waals surface area contributed by atoms with Crippen LogP contribution in [-0.4, -0.2) is 32.6 Å². The number of rotatable bonds is 6. The number of nitrogens with one attached hydrogen (secondary N) is 2. The second-order valence-corrected chi connectivity index (χ2v) is 4.90. The quantitative estimate of drug-likeness (QED) is 0.774. The fourth-order valence-corrected chi connectivity index (χ4v) is 1.87. The minimum Gasteiger partial charge on any atom is -0.469 e. The van der Waals surface area contributed by atoms with Gasteiger partial charge in [-0.15, -0.1) is 0 Å². The van der Waals surface area contributed by atoms with Gasteiger partial charge in [0.05, 0.1) is 26.1 Å². The molecule has 0 aliphatic carbocycles. The van der Waals surface area contributed by atoms with Gasteiger partial charge in [-0.1, -0.05) is 28.1 Å². The molecule has 1 aromatic carbocycles. The Bertz CT molecular complexity index is 434. The summed E-state index contributed by atoms with van der Waals surface area (Å²) in [6.07, 6.45) is 0.105. The van der Waals surface area contributed by atoms with Crippen LogP contribution in [0.25, 0.3) is 0 Å². The Morgan fingerprint density at radius 2 is 1.95 bits per heavy atom. The normalized spacial score (nSPS) is 11.7. The van der Waals surface area contributed by atoms with Gasteiger partial charge < -0.3 is 15.4 Å². The number of benzene rings is 1. The molecule has 0 saturated heterocycles. The SMILES string of the molecule is CNCC(=O)N[C@H](CC(=O)OC)c1ccc(Br)cc1. The summed E-state index contributed by atoms with van der Waals surface area (Å²) in [7, 11) is 3.02. The van der Waals surface area contributed by atoms with E-state index in [-0.39, 0.29) is 30.9 Å². The zero-order chi connectivity index (χ0) is 14.3. The molecule has 0 aromatic heterocycles. The van der Waals surface area contributed by atoms with Gasteiger partial charge in [-0.05, 0) is 24.7 Å². The molecule has 0 aliphatic rings. The number of ether oxygens (including phenoxy) is 1. The monoisotopic (exact) mass is 328 g/mol. The molecule has 0 fully saturated rings. The average Bonchev–Trinajstić information content (AvgIpc) is 2.39. The molecule has 104 valence electrons. The highest BCUT2D eigenvalue weighted by molar-refractivity contribution is 9.10. The van der Waals surface area contributed by atoms with E-state index in [2.05, 4.69) is 31.3 Å². The van der Waals surface area contributed by atoms with E-state index in [4.69, 9.17) is 0 Å². The highest BCUT2D eigenvalue weighted by Gasteiger charge is 2.18. The minimum absolute atomic E-state index is 0.105.